The number of aliphatic hydroxyl groups is 1. The summed E-state index contributed by atoms with van der Waals surface area (Å²) in [7, 11) is 0. The number of hydrogen-bond acceptors (Lipinski definition) is 5. The van der Waals surface area contributed by atoms with E-state index in [1.165, 1.54) is 0 Å². The van der Waals surface area contributed by atoms with E-state index >= 15 is 0 Å². The number of benzene rings is 1. The van der Waals surface area contributed by atoms with Gasteiger partial charge in [-0.25, -0.2) is 4.79 Å². The summed E-state index contributed by atoms with van der Waals surface area (Å²) in [6.45, 7) is 3.51. The van der Waals surface area contributed by atoms with Crippen LogP contribution in [0.3, 0.4) is 0 Å². The molecule has 1 rings (SSSR count). The van der Waals surface area contributed by atoms with E-state index in [0.29, 0.717) is 6.29 Å². The Kier molecular flexibility index (Phi) is 8.62. The fourth-order valence-electron chi connectivity index (χ4n) is 2.09. The molecule has 0 saturated heterocycles. The molecule has 25 heavy (non-hydrogen) atoms. The number of carbonyl (C=O) groups is 3. The lowest BCUT2D eigenvalue weighted by atomic mass is 10.0. The van der Waals surface area contributed by atoms with Crippen molar-refractivity contribution < 1.29 is 24.6 Å². The number of hydrogen-bond donors (Lipinski definition) is 5. The van der Waals surface area contributed by atoms with Gasteiger partial charge in [0.25, 0.3) is 0 Å². The zero-order valence-corrected chi connectivity index (χ0v) is 16.1. The van der Waals surface area contributed by atoms with Crippen LogP contribution in [0.15, 0.2) is 18.2 Å². The van der Waals surface area contributed by atoms with Gasteiger partial charge in [0.2, 0.25) is 5.91 Å². The molecule has 5 N–H and O–H groups in total. The van der Waals surface area contributed by atoms with E-state index in [-0.39, 0.29) is 19.1 Å². The van der Waals surface area contributed by atoms with Crippen LogP contribution in [0, 0.1) is 9.49 Å². The van der Waals surface area contributed by atoms with Gasteiger partial charge in [-0.15, -0.1) is 0 Å². The minimum Gasteiger partial charge on any atom is -0.465 e. The van der Waals surface area contributed by atoms with Gasteiger partial charge in [-0.1, -0.05) is 19.9 Å². The first-order valence-corrected chi connectivity index (χ1v) is 8.74. The normalized spacial score (nSPS) is 13.0. The Hall–Kier alpha value is -1.88. The number of anilines is 1. The van der Waals surface area contributed by atoms with Gasteiger partial charge in [-0.3, -0.25) is 4.79 Å². The summed E-state index contributed by atoms with van der Waals surface area (Å²) in [5, 5.41) is 25.7. The molecule has 138 valence electrons. The summed E-state index contributed by atoms with van der Waals surface area (Å²) < 4.78 is 0.877. The third kappa shape index (κ3) is 6.86. The number of amides is 2. The number of aldehydes is 1. The largest absolute Gasteiger partial charge is 0.465 e. The number of carboxylic acid groups (broad SMARTS) is 1. The first kappa shape index (κ1) is 21.2. The molecule has 0 aliphatic heterocycles. The number of aliphatic hydroxyl groups excluding tert-OH is 1. The maximum Gasteiger partial charge on any atom is 0.405 e. The minimum atomic E-state index is -1.30. The van der Waals surface area contributed by atoms with E-state index < -0.39 is 24.1 Å². The highest BCUT2D eigenvalue weighted by Gasteiger charge is 2.25. The van der Waals surface area contributed by atoms with Crippen molar-refractivity contribution in [3.05, 3.63) is 27.3 Å². The molecule has 1 aromatic carbocycles. The molecule has 1 aromatic rings. The van der Waals surface area contributed by atoms with Gasteiger partial charge in [0.15, 0.2) is 0 Å². The van der Waals surface area contributed by atoms with Crippen molar-refractivity contribution in [2.24, 2.45) is 5.92 Å². The Morgan fingerprint density at radius 3 is 2.44 bits per heavy atom. The lowest BCUT2D eigenvalue weighted by Crippen LogP contribution is -2.53. The molecule has 2 atom stereocenters. The van der Waals surface area contributed by atoms with Crippen molar-refractivity contribution in [2.45, 2.75) is 32.5 Å². The molecule has 0 spiro atoms. The Bertz CT molecular complexity index is 624. The standard InChI is InChI=1S/C16H22IN3O5/c1-9(2)14(20-16(24)25)15(23)19-12(8-22)6-18-11-4-3-10(7-21)13(17)5-11/h3-5,8-9,12,14,18,20-21H,6-7H2,1-2H3,(H,19,23)(H,24,25)/t12-,14-/m0/s1. The first-order chi connectivity index (χ1) is 11.8. The van der Waals surface area contributed by atoms with E-state index in [0.717, 1.165) is 14.8 Å². The minimum absolute atomic E-state index is 0.0568. The second-order valence-electron chi connectivity index (χ2n) is 5.77. The van der Waals surface area contributed by atoms with Crippen molar-refractivity contribution in [3.63, 3.8) is 0 Å². The zero-order chi connectivity index (χ0) is 19.0. The zero-order valence-electron chi connectivity index (χ0n) is 14.0. The molecule has 0 heterocycles. The van der Waals surface area contributed by atoms with Gasteiger partial charge in [0.1, 0.15) is 18.4 Å². The highest BCUT2D eigenvalue weighted by atomic mass is 127. The number of carbonyl (C=O) groups excluding carboxylic acids is 2. The van der Waals surface area contributed by atoms with Crippen LogP contribution >= 0.6 is 22.6 Å². The molecule has 0 fully saturated rings. The lowest BCUT2D eigenvalue weighted by molar-refractivity contribution is -0.126. The molecule has 0 radical (unpaired) electrons. The fourth-order valence-corrected chi connectivity index (χ4v) is 2.77. The molecule has 0 aromatic heterocycles. The summed E-state index contributed by atoms with van der Waals surface area (Å²) in [6, 6.07) is 3.60. The van der Waals surface area contributed by atoms with Gasteiger partial charge < -0.3 is 31.0 Å². The highest BCUT2D eigenvalue weighted by molar-refractivity contribution is 14.1. The Balaban J connectivity index is 2.66. The van der Waals surface area contributed by atoms with Crippen molar-refractivity contribution in [1.82, 2.24) is 10.6 Å². The summed E-state index contributed by atoms with van der Waals surface area (Å²) >= 11 is 2.10. The quantitative estimate of drug-likeness (QED) is 0.277. The van der Waals surface area contributed by atoms with Gasteiger partial charge in [-0.2, -0.15) is 0 Å². The van der Waals surface area contributed by atoms with Gasteiger partial charge in [0.05, 0.1) is 6.61 Å². The third-order valence-electron chi connectivity index (χ3n) is 3.47. The monoisotopic (exact) mass is 463 g/mol. The summed E-state index contributed by atoms with van der Waals surface area (Å²) in [5.41, 5.74) is 1.54. The predicted molar refractivity (Wildman–Crippen MR) is 101 cm³/mol. The van der Waals surface area contributed by atoms with Crippen LogP contribution in [0.5, 0.6) is 0 Å². The van der Waals surface area contributed by atoms with Crippen LogP contribution in [0.4, 0.5) is 10.5 Å². The van der Waals surface area contributed by atoms with E-state index in [9.17, 15) is 14.4 Å². The van der Waals surface area contributed by atoms with Crippen LogP contribution in [0.25, 0.3) is 0 Å². The predicted octanol–water partition coefficient (Wildman–Crippen LogP) is 1.17. The smallest absolute Gasteiger partial charge is 0.405 e. The van der Waals surface area contributed by atoms with Crippen molar-refractivity contribution >= 4 is 46.6 Å². The first-order valence-electron chi connectivity index (χ1n) is 7.66. The lowest BCUT2D eigenvalue weighted by Gasteiger charge is -2.22. The maximum atomic E-state index is 12.2. The van der Waals surface area contributed by atoms with Crippen LogP contribution in [-0.4, -0.2) is 47.1 Å². The Labute approximate surface area is 159 Å². The van der Waals surface area contributed by atoms with Crippen LogP contribution in [0.1, 0.15) is 19.4 Å². The maximum absolute atomic E-state index is 12.2. The van der Waals surface area contributed by atoms with E-state index in [2.05, 4.69) is 38.5 Å². The number of halogens is 1. The molecule has 0 saturated carbocycles. The number of nitrogens with one attached hydrogen (secondary N) is 3. The fraction of sp³-hybridized carbons (Fsp3) is 0.438. The van der Waals surface area contributed by atoms with Crippen LogP contribution < -0.4 is 16.0 Å². The summed E-state index contributed by atoms with van der Waals surface area (Å²) in [5.74, 6) is -0.814. The summed E-state index contributed by atoms with van der Waals surface area (Å²) in [4.78, 5) is 34.2. The molecule has 9 heteroatoms. The molecule has 2 amide bonds. The average molecular weight is 463 g/mol. The van der Waals surface area contributed by atoms with Gasteiger partial charge >= 0.3 is 6.09 Å². The molecule has 0 aliphatic carbocycles. The van der Waals surface area contributed by atoms with Gasteiger partial charge in [-0.05, 0) is 46.2 Å². The molecule has 8 nitrogen and oxygen atoms in total. The summed E-state index contributed by atoms with van der Waals surface area (Å²) in [6.07, 6.45) is -0.705. The van der Waals surface area contributed by atoms with E-state index in [1.807, 2.05) is 6.07 Å². The molecule has 0 bridgehead atoms. The average Bonchev–Trinajstić information content (AvgIpc) is 2.55. The Morgan fingerprint density at radius 2 is 1.96 bits per heavy atom. The topological polar surface area (TPSA) is 128 Å². The van der Waals surface area contributed by atoms with Crippen molar-refractivity contribution in [3.8, 4) is 0 Å². The van der Waals surface area contributed by atoms with E-state index in [1.54, 1.807) is 26.0 Å². The van der Waals surface area contributed by atoms with Crippen molar-refractivity contribution in [1.29, 1.82) is 0 Å². The SMILES string of the molecule is CC(C)[C@H](NC(=O)O)C(=O)N[C@H](C=O)CNc1ccc(CO)c(I)c1. The Morgan fingerprint density at radius 1 is 1.28 bits per heavy atom. The third-order valence-corrected chi connectivity index (χ3v) is 4.47. The van der Waals surface area contributed by atoms with Crippen LogP contribution in [-0.2, 0) is 16.2 Å². The molecular formula is C16H22IN3O5. The van der Waals surface area contributed by atoms with Gasteiger partial charge in [0, 0.05) is 15.8 Å². The highest BCUT2D eigenvalue weighted by Crippen LogP contribution is 2.18. The van der Waals surface area contributed by atoms with Crippen LogP contribution in [0.2, 0.25) is 0 Å². The molecule has 0 aliphatic rings. The number of rotatable bonds is 9. The van der Waals surface area contributed by atoms with Crippen molar-refractivity contribution in [2.75, 3.05) is 11.9 Å². The van der Waals surface area contributed by atoms with E-state index in [4.69, 9.17) is 10.2 Å². The second kappa shape index (κ2) is 10.2. The second-order valence-corrected chi connectivity index (χ2v) is 6.93. The molecular weight excluding hydrogens is 441 g/mol. The molecule has 0 unspecified atom stereocenters.